The topological polar surface area (TPSA) is 166 Å². The highest BCUT2D eigenvalue weighted by Gasteiger charge is 2.42. The molecule has 0 radical (unpaired) electrons. The second kappa shape index (κ2) is 11.9. The molecule has 1 aliphatic heterocycles. The molecule has 2 atom stereocenters. The van der Waals surface area contributed by atoms with E-state index in [0.717, 1.165) is 18.4 Å². The van der Waals surface area contributed by atoms with Crippen LogP contribution in [0.15, 0.2) is 48.5 Å². The molecular formula is C30H38N6O5. The predicted octanol–water partition coefficient (Wildman–Crippen LogP) is 3.97. The fourth-order valence-corrected chi connectivity index (χ4v) is 5.83. The van der Waals surface area contributed by atoms with E-state index in [4.69, 9.17) is 16.2 Å². The van der Waals surface area contributed by atoms with Gasteiger partial charge in [-0.3, -0.25) is 9.59 Å². The first kappa shape index (κ1) is 29.4. The van der Waals surface area contributed by atoms with Crippen LogP contribution in [0.25, 0.3) is 11.3 Å². The highest BCUT2D eigenvalue weighted by atomic mass is 16.5. The molecule has 11 heteroatoms. The van der Waals surface area contributed by atoms with E-state index in [1.807, 2.05) is 32.9 Å². The number of nitrogens with zero attached hydrogens (tertiary/aromatic N) is 3. The van der Waals surface area contributed by atoms with Gasteiger partial charge >= 0.3 is 6.09 Å². The first-order chi connectivity index (χ1) is 19.4. The van der Waals surface area contributed by atoms with E-state index in [1.165, 1.54) is 12.0 Å². The zero-order valence-corrected chi connectivity index (χ0v) is 23.9. The molecule has 41 heavy (non-hydrogen) atoms. The fraction of sp³-hybridized carbons (Fsp3) is 0.400. The van der Waals surface area contributed by atoms with Crippen LogP contribution in [0.1, 0.15) is 59.9 Å². The molecule has 1 aliphatic rings. The summed E-state index contributed by atoms with van der Waals surface area (Å²) in [6, 6.07) is 14.0. The average Bonchev–Trinajstić information content (AvgIpc) is 3.26. The number of rotatable bonds is 8. The Hall–Kier alpha value is -4.54. The zero-order valence-electron chi connectivity index (χ0n) is 23.9. The van der Waals surface area contributed by atoms with Gasteiger partial charge in [0.15, 0.2) is 0 Å². The van der Waals surface area contributed by atoms with Crippen molar-refractivity contribution in [3.8, 4) is 17.0 Å². The van der Waals surface area contributed by atoms with E-state index in [2.05, 4.69) is 10.4 Å². The van der Waals surface area contributed by atoms with Crippen LogP contribution in [0.4, 0.5) is 10.6 Å². The maximum absolute atomic E-state index is 12.6. The lowest BCUT2D eigenvalue weighted by molar-refractivity contribution is 0.0163. The van der Waals surface area contributed by atoms with Crippen LogP contribution in [0.2, 0.25) is 0 Å². The van der Waals surface area contributed by atoms with Gasteiger partial charge in [-0.1, -0.05) is 57.2 Å². The number of nitrogen functional groups attached to an aromatic ring is 1. The quantitative estimate of drug-likeness (QED) is 0.322. The number of likely N-dealkylation sites (tertiary alicyclic amines) is 1. The molecule has 1 fully saturated rings. The molecule has 6 N–H and O–H groups in total. The molecule has 4 rings (SSSR count). The van der Waals surface area contributed by atoms with Crippen LogP contribution >= 0.6 is 0 Å². The maximum atomic E-state index is 12.6. The summed E-state index contributed by atoms with van der Waals surface area (Å²) in [6.07, 6.45) is 0.595. The molecule has 1 aromatic heterocycles. The van der Waals surface area contributed by atoms with Crippen LogP contribution in [0.3, 0.4) is 0 Å². The predicted molar refractivity (Wildman–Crippen MR) is 155 cm³/mol. The minimum atomic E-state index is -0.944. The third kappa shape index (κ3) is 6.29. The van der Waals surface area contributed by atoms with Crippen LogP contribution < -0.4 is 21.5 Å². The number of nitrogens with two attached hydrogens (primary N) is 2. The summed E-state index contributed by atoms with van der Waals surface area (Å²) >= 11 is 0. The number of anilines is 1. The summed E-state index contributed by atoms with van der Waals surface area (Å²) in [6.45, 7) is 7.19. The Morgan fingerprint density at radius 1 is 1.12 bits per heavy atom. The molecule has 1 saturated heterocycles. The number of amides is 3. The van der Waals surface area contributed by atoms with Crippen molar-refractivity contribution in [3.05, 3.63) is 65.2 Å². The van der Waals surface area contributed by atoms with Crippen molar-refractivity contribution in [1.82, 2.24) is 20.0 Å². The number of para-hydroxylation sites is 1. The minimum Gasteiger partial charge on any atom is -0.496 e. The van der Waals surface area contributed by atoms with Gasteiger partial charge in [0, 0.05) is 31.2 Å². The van der Waals surface area contributed by atoms with Crippen molar-refractivity contribution in [1.29, 1.82) is 0 Å². The van der Waals surface area contributed by atoms with Crippen LogP contribution in [0, 0.1) is 11.3 Å². The second-order valence-electron chi connectivity index (χ2n) is 11.4. The zero-order chi connectivity index (χ0) is 29.9. The number of ether oxygens (including phenoxy) is 1. The van der Waals surface area contributed by atoms with Crippen molar-refractivity contribution in [3.63, 3.8) is 0 Å². The lowest BCUT2D eigenvalue weighted by Crippen LogP contribution is -2.55. The number of nitrogens with one attached hydrogen (secondary N) is 1. The number of piperidine rings is 1. The van der Waals surface area contributed by atoms with Gasteiger partial charge < -0.3 is 31.5 Å². The number of benzene rings is 2. The molecular weight excluding hydrogens is 524 g/mol. The lowest BCUT2D eigenvalue weighted by Gasteiger charge is -2.46. The van der Waals surface area contributed by atoms with Gasteiger partial charge in [-0.05, 0) is 41.9 Å². The largest absolute Gasteiger partial charge is 0.496 e. The summed E-state index contributed by atoms with van der Waals surface area (Å²) in [7, 11) is 1.52. The van der Waals surface area contributed by atoms with E-state index in [1.54, 1.807) is 41.1 Å². The van der Waals surface area contributed by atoms with Crippen molar-refractivity contribution in [2.24, 2.45) is 17.1 Å². The third-order valence-electron chi connectivity index (χ3n) is 7.57. The molecule has 218 valence electrons. The number of carboxylic acid groups (broad SMARTS) is 1. The summed E-state index contributed by atoms with van der Waals surface area (Å²) in [5.74, 6) is -0.359. The normalized spacial score (nSPS) is 17.2. The average molecular weight is 563 g/mol. The van der Waals surface area contributed by atoms with Crippen molar-refractivity contribution >= 4 is 23.7 Å². The van der Waals surface area contributed by atoms with E-state index in [-0.39, 0.29) is 41.2 Å². The van der Waals surface area contributed by atoms with Gasteiger partial charge in [0.05, 0.1) is 12.7 Å². The number of carbonyl (C=O) groups excluding carboxylic acids is 2. The van der Waals surface area contributed by atoms with Crippen molar-refractivity contribution in [2.75, 3.05) is 19.4 Å². The smallest absolute Gasteiger partial charge is 0.407 e. The maximum Gasteiger partial charge on any atom is 0.407 e. The molecule has 1 unspecified atom stereocenters. The Balaban J connectivity index is 1.55. The number of primary amides is 1. The van der Waals surface area contributed by atoms with E-state index in [9.17, 15) is 19.5 Å². The van der Waals surface area contributed by atoms with Crippen LogP contribution in [-0.4, -0.2) is 57.4 Å². The van der Waals surface area contributed by atoms with E-state index in [0.29, 0.717) is 35.7 Å². The van der Waals surface area contributed by atoms with Crippen molar-refractivity contribution < 1.29 is 24.2 Å². The van der Waals surface area contributed by atoms with Crippen molar-refractivity contribution in [2.45, 2.75) is 52.7 Å². The van der Waals surface area contributed by atoms with Gasteiger partial charge in [0.25, 0.3) is 11.8 Å². The van der Waals surface area contributed by atoms with Gasteiger partial charge in [-0.25, -0.2) is 9.48 Å². The molecule has 0 saturated carbocycles. The number of carbonyl (C=O) groups is 3. The second-order valence-corrected chi connectivity index (χ2v) is 11.4. The Morgan fingerprint density at radius 3 is 2.41 bits per heavy atom. The monoisotopic (exact) mass is 562 g/mol. The van der Waals surface area contributed by atoms with Gasteiger partial charge in [-0.15, -0.1) is 0 Å². The first-order valence-corrected chi connectivity index (χ1v) is 13.6. The molecule has 0 bridgehead atoms. The molecule has 0 aliphatic carbocycles. The molecule has 2 heterocycles. The van der Waals surface area contributed by atoms with Gasteiger partial charge in [-0.2, -0.15) is 5.10 Å². The standard InChI is InChI=1S/C30H38N6O5/c1-30(2,3)25-20(8-7-15-35(25)29(39)40)17-36-26(31)23(27(32)37)24(34-36)19-13-11-18(12-14-19)16-33-28(38)21-9-5-6-10-22(21)41-4/h5-6,9-14,20,25H,7-8,15-17,31H2,1-4H3,(H2,32,37)(H,33,38)(H,39,40)/t20-,25?/m0/s1. The fourth-order valence-electron chi connectivity index (χ4n) is 5.83. The number of hydrogen-bond donors (Lipinski definition) is 4. The van der Waals surface area contributed by atoms with E-state index < -0.39 is 12.0 Å². The molecule has 11 nitrogen and oxygen atoms in total. The Labute approximate surface area is 239 Å². The first-order valence-electron chi connectivity index (χ1n) is 13.6. The summed E-state index contributed by atoms with van der Waals surface area (Å²) in [5, 5.41) is 17.4. The molecule has 3 amide bonds. The van der Waals surface area contributed by atoms with Crippen LogP contribution in [-0.2, 0) is 13.1 Å². The Bertz CT molecular complexity index is 1430. The minimum absolute atomic E-state index is 0.0511. The molecule has 0 spiro atoms. The van der Waals surface area contributed by atoms with Gasteiger partial charge in [0.2, 0.25) is 0 Å². The SMILES string of the molecule is COc1ccccc1C(=O)NCc1ccc(-c2nn(C[C@@H]3CCCN(C(=O)O)C3C(C)(C)C)c(N)c2C(N)=O)cc1. The van der Waals surface area contributed by atoms with E-state index >= 15 is 0 Å². The summed E-state index contributed by atoms with van der Waals surface area (Å²) in [5.41, 5.74) is 14.2. The summed E-state index contributed by atoms with van der Waals surface area (Å²) in [4.78, 5) is 38.6. The number of methoxy groups -OCH3 is 1. The third-order valence-corrected chi connectivity index (χ3v) is 7.57. The highest BCUT2D eigenvalue weighted by Crippen LogP contribution is 2.38. The lowest BCUT2D eigenvalue weighted by atomic mass is 9.74. The molecule has 2 aromatic carbocycles. The highest BCUT2D eigenvalue weighted by molar-refractivity contribution is 6.03. The Kier molecular flexibility index (Phi) is 8.55. The van der Waals surface area contributed by atoms with Crippen LogP contribution in [0.5, 0.6) is 5.75 Å². The van der Waals surface area contributed by atoms with Gasteiger partial charge in [0.1, 0.15) is 22.8 Å². The number of hydrogen-bond acceptors (Lipinski definition) is 6. The molecule has 3 aromatic rings. The number of aromatic nitrogens is 2. The Morgan fingerprint density at radius 2 is 1.80 bits per heavy atom. The summed E-state index contributed by atoms with van der Waals surface area (Å²) < 4.78 is 6.84.